The van der Waals surface area contributed by atoms with Crippen LogP contribution in [0.25, 0.3) is 22.4 Å². The van der Waals surface area contributed by atoms with Gasteiger partial charge in [-0.05, 0) is 65.5 Å². The molecule has 4 aromatic rings. The van der Waals surface area contributed by atoms with Gasteiger partial charge in [-0.2, -0.15) is 13.2 Å². The molecule has 3 N–H and O–H groups in total. The van der Waals surface area contributed by atoms with Gasteiger partial charge in [0.1, 0.15) is 0 Å². The van der Waals surface area contributed by atoms with Crippen molar-refractivity contribution in [1.82, 2.24) is 9.71 Å². The number of alkyl halides is 3. The van der Waals surface area contributed by atoms with E-state index in [1.54, 1.807) is 18.3 Å². The SMILES string of the molecule is NC(=NCc1cnc(-c2ccc(Cl)cc2)c(-c2ccc(C(F)(F)F)cc2)c1)NSc1ccccc1. The molecule has 0 atom stereocenters. The second kappa shape index (κ2) is 10.8. The number of hydrogen-bond acceptors (Lipinski definition) is 3. The number of guanidine groups is 1. The summed E-state index contributed by atoms with van der Waals surface area (Å²) in [6, 6.07) is 23.7. The smallest absolute Gasteiger partial charge is 0.369 e. The van der Waals surface area contributed by atoms with E-state index in [0.29, 0.717) is 21.8 Å². The van der Waals surface area contributed by atoms with Gasteiger partial charge in [0.2, 0.25) is 0 Å². The molecule has 35 heavy (non-hydrogen) atoms. The Morgan fingerprint density at radius 1 is 0.943 bits per heavy atom. The van der Waals surface area contributed by atoms with Crippen LogP contribution < -0.4 is 10.5 Å². The minimum atomic E-state index is -4.41. The Balaban J connectivity index is 1.61. The second-order valence-corrected chi connectivity index (χ2v) is 8.86. The van der Waals surface area contributed by atoms with E-state index in [2.05, 4.69) is 14.7 Å². The van der Waals surface area contributed by atoms with E-state index in [4.69, 9.17) is 17.3 Å². The maximum absolute atomic E-state index is 13.1. The lowest BCUT2D eigenvalue weighted by atomic mass is 9.97. The highest BCUT2D eigenvalue weighted by Crippen LogP contribution is 2.35. The molecule has 3 aromatic carbocycles. The van der Waals surface area contributed by atoms with Crippen molar-refractivity contribution in [2.45, 2.75) is 17.6 Å². The molecule has 178 valence electrons. The maximum atomic E-state index is 13.1. The van der Waals surface area contributed by atoms with Gasteiger partial charge in [-0.1, -0.05) is 54.1 Å². The van der Waals surface area contributed by atoms with Gasteiger partial charge >= 0.3 is 6.18 Å². The first-order valence-corrected chi connectivity index (χ1v) is 11.7. The van der Waals surface area contributed by atoms with Crippen molar-refractivity contribution in [2.75, 3.05) is 0 Å². The monoisotopic (exact) mass is 512 g/mol. The van der Waals surface area contributed by atoms with Crippen molar-refractivity contribution in [3.05, 3.63) is 107 Å². The van der Waals surface area contributed by atoms with Gasteiger partial charge in [-0.3, -0.25) is 9.71 Å². The number of nitrogens with zero attached hydrogens (tertiary/aromatic N) is 2. The Hall–Kier alpha value is -3.49. The molecular weight excluding hydrogens is 493 g/mol. The van der Waals surface area contributed by atoms with Crippen LogP contribution in [0.15, 0.2) is 101 Å². The molecule has 0 unspecified atom stereocenters. The van der Waals surface area contributed by atoms with Crippen molar-refractivity contribution >= 4 is 29.5 Å². The van der Waals surface area contributed by atoms with E-state index in [9.17, 15) is 13.2 Å². The molecule has 0 aliphatic rings. The average Bonchev–Trinajstić information content (AvgIpc) is 2.87. The van der Waals surface area contributed by atoms with E-state index in [1.165, 1.54) is 24.1 Å². The Bertz CT molecular complexity index is 1310. The van der Waals surface area contributed by atoms with E-state index in [-0.39, 0.29) is 12.5 Å². The summed E-state index contributed by atoms with van der Waals surface area (Å²) in [6.45, 7) is 0.246. The van der Waals surface area contributed by atoms with Crippen molar-refractivity contribution in [3.8, 4) is 22.4 Å². The lowest BCUT2D eigenvalue weighted by Crippen LogP contribution is -2.25. The molecule has 0 saturated carbocycles. The van der Waals surface area contributed by atoms with Crippen LogP contribution in [0.1, 0.15) is 11.1 Å². The van der Waals surface area contributed by atoms with E-state index >= 15 is 0 Å². The molecule has 4 nitrogen and oxygen atoms in total. The number of hydrogen-bond donors (Lipinski definition) is 2. The third-order valence-electron chi connectivity index (χ3n) is 5.03. The highest BCUT2D eigenvalue weighted by Gasteiger charge is 2.30. The summed E-state index contributed by atoms with van der Waals surface area (Å²) in [5, 5.41) is 0.576. The summed E-state index contributed by atoms with van der Waals surface area (Å²) in [5.74, 6) is 0.247. The van der Waals surface area contributed by atoms with Crippen LogP contribution in [-0.4, -0.2) is 10.9 Å². The highest BCUT2D eigenvalue weighted by atomic mass is 35.5. The zero-order valence-electron chi connectivity index (χ0n) is 18.3. The topological polar surface area (TPSA) is 63.3 Å². The summed E-state index contributed by atoms with van der Waals surface area (Å²) < 4.78 is 42.2. The fourth-order valence-electron chi connectivity index (χ4n) is 3.30. The van der Waals surface area contributed by atoms with Crippen molar-refractivity contribution in [2.24, 2.45) is 10.7 Å². The van der Waals surface area contributed by atoms with Crippen molar-refractivity contribution < 1.29 is 13.2 Å². The van der Waals surface area contributed by atoms with Crippen LogP contribution in [0, 0.1) is 0 Å². The average molecular weight is 513 g/mol. The lowest BCUT2D eigenvalue weighted by Gasteiger charge is -2.13. The first kappa shape index (κ1) is 24.6. The molecule has 0 radical (unpaired) electrons. The number of halogens is 4. The molecular formula is C26H20ClF3N4S. The van der Waals surface area contributed by atoms with Crippen LogP contribution in [0.4, 0.5) is 13.2 Å². The lowest BCUT2D eigenvalue weighted by molar-refractivity contribution is -0.137. The van der Waals surface area contributed by atoms with E-state index in [0.717, 1.165) is 28.2 Å². The Morgan fingerprint density at radius 3 is 2.26 bits per heavy atom. The number of aliphatic imine (C=N–C) groups is 1. The molecule has 0 bridgehead atoms. The molecule has 0 aliphatic heterocycles. The van der Waals surface area contributed by atoms with Gasteiger partial charge in [0.25, 0.3) is 0 Å². The van der Waals surface area contributed by atoms with E-state index in [1.807, 2.05) is 48.5 Å². The summed E-state index contributed by atoms with van der Waals surface area (Å²) in [7, 11) is 0. The van der Waals surface area contributed by atoms with Crippen LogP contribution in [0.5, 0.6) is 0 Å². The van der Waals surface area contributed by atoms with Gasteiger partial charge in [0.05, 0.1) is 17.8 Å². The molecule has 1 heterocycles. The highest BCUT2D eigenvalue weighted by molar-refractivity contribution is 7.98. The molecule has 1 aromatic heterocycles. The maximum Gasteiger partial charge on any atom is 0.416 e. The van der Waals surface area contributed by atoms with Crippen molar-refractivity contribution in [1.29, 1.82) is 0 Å². The standard InChI is InChI=1S/C26H20ClF3N4S/c27-21-12-8-19(9-13-21)24-23(18-6-10-20(11-7-18)26(28,29)30)14-17(15-32-24)16-33-25(31)34-35-22-4-2-1-3-5-22/h1-15H,16H2,(H3,31,33,34). The van der Waals surface area contributed by atoms with Gasteiger partial charge < -0.3 is 5.73 Å². The largest absolute Gasteiger partial charge is 0.416 e. The zero-order chi connectivity index (χ0) is 24.8. The molecule has 0 amide bonds. The number of benzene rings is 3. The van der Waals surface area contributed by atoms with Gasteiger partial charge in [-0.15, -0.1) is 0 Å². The van der Waals surface area contributed by atoms with Gasteiger partial charge in [0, 0.05) is 27.2 Å². The molecule has 9 heteroatoms. The summed E-state index contributed by atoms with van der Waals surface area (Å²) in [4.78, 5) is 9.95. The fourth-order valence-corrected chi connectivity index (χ4v) is 4.01. The van der Waals surface area contributed by atoms with Crippen LogP contribution in [0.2, 0.25) is 5.02 Å². The second-order valence-electron chi connectivity index (χ2n) is 7.54. The number of nitrogens with one attached hydrogen (secondary N) is 1. The Morgan fingerprint density at radius 2 is 1.60 bits per heavy atom. The number of pyridine rings is 1. The Kier molecular flexibility index (Phi) is 7.63. The number of nitrogens with two attached hydrogens (primary N) is 1. The first-order valence-electron chi connectivity index (χ1n) is 10.5. The quantitative estimate of drug-likeness (QED) is 0.163. The predicted octanol–water partition coefficient (Wildman–Crippen LogP) is 7.20. The Labute approximate surface area is 210 Å². The third-order valence-corrected chi connectivity index (χ3v) is 6.10. The van der Waals surface area contributed by atoms with Crippen molar-refractivity contribution in [3.63, 3.8) is 0 Å². The minimum absolute atomic E-state index is 0.246. The fraction of sp³-hybridized carbons (Fsp3) is 0.0769. The normalized spacial score (nSPS) is 11.9. The molecule has 0 saturated heterocycles. The molecule has 0 fully saturated rings. The van der Waals surface area contributed by atoms with E-state index < -0.39 is 11.7 Å². The van der Waals surface area contributed by atoms with Gasteiger partial charge in [-0.25, -0.2) is 4.99 Å². The third kappa shape index (κ3) is 6.55. The molecule has 0 aliphatic carbocycles. The summed E-state index contributed by atoms with van der Waals surface area (Å²) in [6.07, 6.45) is -2.73. The summed E-state index contributed by atoms with van der Waals surface area (Å²) in [5.41, 5.74) is 8.74. The number of aromatic nitrogens is 1. The molecule has 0 spiro atoms. The summed E-state index contributed by atoms with van der Waals surface area (Å²) >= 11 is 7.36. The first-order chi connectivity index (χ1) is 16.8. The predicted molar refractivity (Wildman–Crippen MR) is 136 cm³/mol. The van der Waals surface area contributed by atoms with Gasteiger partial charge in [0.15, 0.2) is 5.96 Å². The zero-order valence-corrected chi connectivity index (χ0v) is 19.8. The number of rotatable bonds is 6. The minimum Gasteiger partial charge on any atom is -0.369 e. The van der Waals surface area contributed by atoms with Crippen LogP contribution in [-0.2, 0) is 12.7 Å². The van der Waals surface area contributed by atoms with Crippen LogP contribution in [0.3, 0.4) is 0 Å². The van der Waals surface area contributed by atoms with Crippen LogP contribution >= 0.6 is 23.5 Å². The molecule has 4 rings (SSSR count).